The molecule has 4 rings (SSSR count). The fourth-order valence-corrected chi connectivity index (χ4v) is 3.83. The summed E-state index contributed by atoms with van der Waals surface area (Å²) in [5.74, 6) is 2.72. The zero-order valence-electron chi connectivity index (χ0n) is 18.3. The van der Waals surface area contributed by atoms with Gasteiger partial charge in [-0.15, -0.1) is 0 Å². The molecule has 0 aromatic carbocycles. The van der Waals surface area contributed by atoms with Crippen LogP contribution in [0.3, 0.4) is 0 Å². The Morgan fingerprint density at radius 1 is 1.38 bits per heavy atom. The molecule has 152 valence electrons. The van der Waals surface area contributed by atoms with Crippen LogP contribution in [0.2, 0.25) is 0 Å². The number of hydrogen-bond acceptors (Lipinski definition) is 4. The predicted octanol–water partition coefficient (Wildman–Crippen LogP) is 4.48. The largest absolute Gasteiger partial charge is 0.384 e. The molecule has 0 bridgehead atoms. The number of halogens is 2. The summed E-state index contributed by atoms with van der Waals surface area (Å²) in [6.45, 7) is 1.36. The molecule has 1 aliphatic carbocycles. The number of aryl methyl sites for hydroxylation is 2. The molecule has 0 saturated heterocycles. The van der Waals surface area contributed by atoms with Gasteiger partial charge in [-0.3, -0.25) is 4.98 Å². The third-order valence-corrected chi connectivity index (χ3v) is 5.30. The van der Waals surface area contributed by atoms with Gasteiger partial charge in [-0.2, -0.15) is 0 Å². The smallest absolute Gasteiger partial charge is 0.248 e. The Kier molecular flexibility index (Phi) is 4.50. The van der Waals surface area contributed by atoms with Crippen molar-refractivity contribution in [2.24, 2.45) is 5.92 Å². The van der Waals surface area contributed by atoms with E-state index in [0.717, 1.165) is 11.1 Å². The van der Waals surface area contributed by atoms with Crippen molar-refractivity contribution < 1.29 is 21.2 Å². The highest BCUT2D eigenvalue weighted by Crippen LogP contribution is 2.37. The van der Waals surface area contributed by atoms with Gasteiger partial charge in [-0.1, -0.05) is 17.0 Å². The molecule has 1 N–H and O–H groups in total. The lowest BCUT2D eigenvalue weighted by Crippen LogP contribution is -2.26. The molecule has 7 heteroatoms. The molecule has 0 unspecified atom stereocenters. The average molecular weight is 401 g/mol. The number of aromatic nitrogens is 3. The van der Waals surface area contributed by atoms with Gasteiger partial charge in [0, 0.05) is 42.9 Å². The Morgan fingerprint density at radius 3 is 2.79 bits per heavy atom. The van der Waals surface area contributed by atoms with E-state index in [1.807, 2.05) is 6.92 Å². The minimum atomic E-state index is -2.73. The zero-order chi connectivity index (χ0) is 22.4. The molecular weight excluding hydrogens is 376 g/mol. The lowest BCUT2D eigenvalue weighted by Gasteiger charge is -2.28. The molecule has 0 atom stereocenters. The lowest BCUT2D eigenvalue weighted by molar-refractivity contribution is -0.0472. The van der Waals surface area contributed by atoms with Crippen molar-refractivity contribution in [2.45, 2.75) is 52.0 Å². The maximum Gasteiger partial charge on any atom is 0.248 e. The molecule has 5 nitrogen and oxygen atoms in total. The van der Waals surface area contributed by atoms with E-state index in [1.165, 1.54) is 4.57 Å². The first-order valence-corrected chi connectivity index (χ1v) is 9.56. The molecule has 0 radical (unpaired) electrons. The molecule has 1 saturated carbocycles. The van der Waals surface area contributed by atoms with Crippen LogP contribution in [0, 0.1) is 31.6 Å². The summed E-state index contributed by atoms with van der Waals surface area (Å²) in [6, 6.07) is 1.80. The summed E-state index contributed by atoms with van der Waals surface area (Å²) in [7, 11) is 0. The number of hydrogen-bond donors (Lipinski definition) is 1. The van der Waals surface area contributed by atoms with Crippen molar-refractivity contribution >= 4 is 11.0 Å². The van der Waals surface area contributed by atoms with Gasteiger partial charge in [-0.25, -0.2) is 8.78 Å². The molecule has 0 amide bonds. The van der Waals surface area contributed by atoms with Crippen molar-refractivity contribution in [1.82, 2.24) is 14.7 Å². The lowest BCUT2D eigenvalue weighted by atomic mass is 9.87. The third-order valence-electron chi connectivity index (χ3n) is 5.30. The van der Waals surface area contributed by atoms with Crippen LogP contribution in [-0.2, 0) is 6.50 Å². The maximum atomic E-state index is 13.7. The summed E-state index contributed by atoms with van der Waals surface area (Å²) >= 11 is 0. The fourth-order valence-electron chi connectivity index (χ4n) is 3.83. The molecule has 3 aromatic rings. The number of aliphatic hydroxyl groups excluding tert-OH is 1. The monoisotopic (exact) mass is 401 g/mol. The van der Waals surface area contributed by atoms with Gasteiger partial charge >= 0.3 is 0 Å². The SMILES string of the molecule is [2H]C([2H])(C1CCC(F)(F)CC1)n1cc(C#CCO)c2ncc(-c3c(C)noc3C)cc21. The maximum absolute atomic E-state index is 13.7. The van der Waals surface area contributed by atoms with E-state index >= 15 is 0 Å². The van der Waals surface area contributed by atoms with Crippen LogP contribution in [0.25, 0.3) is 22.2 Å². The summed E-state index contributed by atoms with van der Waals surface area (Å²) in [4.78, 5) is 4.51. The van der Waals surface area contributed by atoms with Crippen LogP contribution in [0.1, 0.15) is 45.4 Å². The molecule has 0 spiro atoms. The standard InChI is InChI=1S/C22H23F2N3O2/c1-14-20(15(2)29-26-14)18-10-19-21(25-11-18)17(4-3-9-28)13-27(19)12-16-5-7-22(23,24)8-6-16/h10-11,13,16,28H,5-9,12H2,1-2H3/i12D2. The van der Waals surface area contributed by atoms with E-state index in [9.17, 15) is 8.78 Å². The van der Waals surface area contributed by atoms with E-state index in [2.05, 4.69) is 22.0 Å². The van der Waals surface area contributed by atoms with Crippen LogP contribution in [0.5, 0.6) is 0 Å². The van der Waals surface area contributed by atoms with Crippen molar-refractivity contribution in [3.05, 3.63) is 35.5 Å². The second-order valence-corrected chi connectivity index (χ2v) is 7.42. The predicted molar refractivity (Wildman–Crippen MR) is 106 cm³/mol. The van der Waals surface area contributed by atoms with E-state index in [1.54, 1.807) is 25.4 Å². The first kappa shape index (κ1) is 17.2. The number of pyridine rings is 1. The van der Waals surface area contributed by atoms with Gasteiger partial charge in [0.25, 0.3) is 0 Å². The van der Waals surface area contributed by atoms with Gasteiger partial charge < -0.3 is 14.2 Å². The van der Waals surface area contributed by atoms with Crippen LogP contribution in [-0.4, -0.2) is 32.3 Å². The number of rotatable bonds is 3. The first-order valence-electron chi connectivity index (χ1n) is 10.6. The third kappa shape index (κ3) is 3.90. The number of alkyl halides is 2. The highest BCUT2D eigenvalue weighted by Gasteiger charge is 2.35. The van der Waals surface area contributed by atoms with Gasteiger partial charge in [0.15, 0.2) is 0 Å². The van der Waals surface area contributed by atoms with Crippen molar-refractivity contribution in [3.63, 3.8) is 0 Å². The van der Waals surface area contributed by atoms with Gasteiger partial charge in [-0.05, 0) is 38.7 Å². The van der Waals surface area contributed by atoms with Crippen molar-refractivity contribution in [1.29, 1.82) is 0 Å². The van der Waals surface area contributed by atoms with E-state index in [-0.39, 0.29) is 32.3 Å². The second kappa shape index (κ2) is 7.60. The second-order valence-electron chi connectivity index (χ2n) is 7.42. The average Bonchev–Trinajstić information content (AvgIpc) is 3.25. The molecule has 1 aliphatic rings. The normalized spacial score (nSPS) is 18.2. The van der Waals surface area contributed by atoms with Gasteiger partial charge in [0.2, 0.25) is 5.92 Å². The molecule has 3 aromatic heterocycles. The summed E-state index contributed by atoms with van der Waals surface area (Å²) in [6.07, 6.45) is 2.75. The highest BCUT2D eigenvalue weighted by atomic mass is 19.3. The minimum Gasteiger partial charge on any atom is -0.384 e. The minimum absolute atomic E-state index is 0.0916. The molecule has 29 heavy (non-hydrogen) atoms. The Hall–Kier alpha value is -2.72. The first-order chi connectivity index (χ1) is 14.6. The summed E-state index contributed by atoms with van der Waals surface area (Å²) in [5.41, 5.74) is 3.65. The Labute approximate surface area is 170 Å². The van der Waals surface area contributed by atoms with E-state index < -0.39 is 18.3 Å². The Balaban J connectivity index is 1.86. The van der Waals surface area contributed by atoms with Gasteiger partial charge in [0.05, 0.1) is 19.5 Å². The Bertz CT molecular complexity index is 1160. The summed E-state index contributed by atoms with van der Waals surface area (Å²) in [5, 5.41) is 13.1. The van der Waals surface area contributed by atoms with Crippen LogP contribution < -0.4 is 0 Å². The van der Waals surface area contributed by atoms with Gasteiger partial charge in [0.1, 0.15) is 17.9 Å². The van der Waals surface area contributed by atoms with Crippen LogP contribution in [0.4, 0.5) is 8.78 Å². The quantitative estimate of drug-likeness (QED) is 0.658. The molecular formula is C22H23F2N3O2. The molecule has 0 aliphatic heterocycles. The highest BCUT2D eigenvalue weighted by molar-refractivity contribution is 5.87. The van der Waals surface area contributed by atoms with Crippen molar-refractivity contribution in [3.8, 4) is 23.0 Å². The number of fused-ring (bicyclic) bond motifs is 1. The van der Waals surface area contributed by atoms with E-state index in [0.29, 0.717) is 28.1 Å². The number of nitrogens with zero attached hydrogens (tertiary/aromatic N) is 3. The number of aliphatic hydroxyl groups is 1. The summed E-state index contributed by atoms with van der Waals surface area (Å²) < 4.78 is 51.7. The van der Waals surface area contributed by atoms with Crippen molar-refractivity contribution in [2.75, 3.05) is 6.61 Å². The fraction of sp³-hybridized carbons (Fsp3) is 0.455. The van der Waals surface area contributed by atoms with Crippen LogP contribution >= 0.6 is 0 Å². The Morgan fingerprint density at radius 2 is 2.14 bits per heavy atom. The molecule has 1 fully saturated rings. The zero-order valence-corrected chi connectivity index (χ0v) is 16.3. The topological polar surface area (TPSA) is 64.1 Å². The molecule has 3 heterocycles. The van der Waals surface area contributed by atoms with E-state index in [4.69, 9.17) is 12.4 Å². The van der Waals surface area contributed by atoms with Crippen LogP contribution in [0.15, 0.2) is 23.0 Å².